The Hall–Kier alpha value is -3.42. The Labute approximate surface area is 186 Å². The first-order chi connectivity index (χ1) is 15.2. The van der Waals surface area contributed by atoms with Crippen molar-refractivity contribution < 1.29 is 28.6 Å². The minimum Gasteiger partial charge on any atom is -0.478 e. The molecule has 1 N–H and O–H groups in total. The summed E-state index contributed by atoms with van der Waals surface area (Å²) in [5, 5.41) is 9.08. The number of aryl methyl sites for hydroxylation is 1. The summed E-state index contributed by atoms with van der Waals surface area (Å²) in [6.45, 7) is 6.43. The minimum atomic E-state index is -1.11. The van der Waals surface area contributed by atoms with Crippen LogP contribution in [0.25, 0.3) is 0 Å². The topological polar surface area (TPSA) is 87.2 Å². The van der Waals surface area contributed by atoms with E-state index >= 15 is 0 Å². The van der Waals surface area contributed by atoms with Gasteiger partial charge in [0.1, 0.15) is 11.6 Å². The molecule has 0 aliphatic carbocycles. The highest BCUT2D eigenvalue weighted by Crippen LogP contribution is 2.27. The summed E-state index contributed by atoms with van der Waals surface area (Å²) >= 11 is 0. The zero-order valence-corrected chi connectivity index (χ0v) is 18.4. The van der Waals surface area contributed by atoms with Gasteiger partial charge in [0.25, 0.3) is 5.91 Å². The molecule has 1 aliphatic heterocycles. The van der Waals surface area contributed by atoms with Gasteiger partial charge in [-0.1, -0.05) is 19.1 Å². The fourth-order valence-electron chi connectivity index (χ4n) is 3.74. The third kappa shape index (κ3) is 5.07. The molecule has 0 spiro atoms. The van der Waals surface area contributed by atoms with Gasteiger partial charge in [-0.2, -0.15) is 0 Å². The third-order valence-corrected chi connectivity index (χ3v) is 5.64. The van der Waals surface area contributed by atoms with Crippen LogP contribution in [0.5, 0.6) is 5.75 Å². The summed E-state index contributed by atoms with van der Waals surface area (Å²) in [6.07, 6.45) is -0.708. The molecule has 0 radical (unpaired) electrons. The van der Waals surface area contributed by atoms with Crippen LogP contribution in [0.1, 0.15) is 47.9 Å². The molecule has 8 heteroatoms. The molecule has 32 heavy (non-hydrogen) atoms. The van der Waals surface area contributed by atoms with Crippen LogP contribution in [0, 0.1) is 12.7 Å². The van der Waals surface area contributed by atoms with E-state index in [1.54, 1.807) is 35.8 Å². The van der Waals surface area contributed by atoms with Gasteiger partial charge in [-0.15, -0.1) is 0 Å². The van der Waals surface area contributed by atoms with E-state index in [1.165, 1.54) is 30.3 Å². The van der Waals surface area contributed by atoms with Gasteiger partial charge in [0.15, 0.2) is 0 Å². The standard InChI is InChI=1S/C24H27FN2O5/c1-4-21(28)27-12-11-26(14-16(27)3)23(29)22(18-6-5-15(2)20(25)13-18)32-19-9-7-17(8-10-19)24(30)31/h5-10,13,16,22H,4,11-12,14H2,1-3H3,(H,30,31)/t16-,22+/m1/s1. The summed E-state index contributed by atoms with van der Waals surface area (Å²) in [5.74, 6) is -1.53. The molecule has 2 aromatic carbocycles. The second-order valence-corrected chi connectivity index (χ2v) is 7.91. The van der Waals surface area contributed by atoms with Crippen LogP contribution in [0.4, 0.5) is 4.39 Å². The van der Waals surface area contributed by atoms with Gasteiger partial charge in [-0.05, 0) is 49.7 Å². The van der Waals surface area contributed by atoms with Crippen molar-refractivity contribution in [2.75, 3.05) is 19.6 Å². The number of hydrogen-bond acceptors (Lipinski definition) is 4. The van der Waals surface area contributed by atoms with Crippen LogP contribution < -0.4 is 4.74 Å². The van der Waals surface area contributed by atoms with Crippen LogP contribution in [0.15, 0.2) is 42.5 Å². The summed E-state index contributed by atoms with van der Waals surface area (Å²) in [6, 6.07) is 10.1. The number of carbonyl (C=O) groups is 3. The Morgan fingerprint density at radius 3 is 2.41 bits per heavy atom. The first kappa shape index (κ1) is 23.2. The van der Waals surface area contributed by atoms with Crippen LogP contribution in [0.3, 0.4) is 0 Å². The molecule has 2 atom stereocenters. The van der Waals surface area contributed by atoms with E-state index in [1.807, 2.05) is 6.92 Å². The lowest BCUT2D eigenvalue weighted by molar-refractivity contribution is -0.147. The monoisotopic (exact) mass is 442 g/mol. The number of ether oxygens (including phenoxy) is 1. The predicted octanol–water partition coefficient (Wildman–Crippen LogP) is 3.42. The van der Waals surface area contributed by atoms with E-state index in [0.717, 1.165) is 0 Å². The maximum absolute atomic E-state index is 14.3. The van der Waals surface area contributed by atoms with Crippen LogP contribution in [-0.2, 0) is 9.59 Å². The van der Waals surface area contributed by atoms with Crippen molar-refractivity contribution in [1.82, 2.24) is 9.80 Å². The maximum Gasteiger partial charge on any atom is 0.335 e. The summed E-state index contributed by atoms with van der Waals surface area (Å²) in [7, 11) is 0. The number of carboxylic acids is 1. The zero-order valence-electron chi connectivity index (χ0n) is 18.4. The molecule has 1 aliphatic rings. The molecule has 3 rings (SSSR count). The van der Waals surface area contributed by atoms with E-state index in [0.29, 0.717) is 42.9 Å². The molecule has 2 aromatic rings. The van der Waals surface area contributed by atoms with Gasteiger partial charge in [-0.25, -0.2) is 9.18 Å². The molecule has 0 aromatic heterocycles. The molecule has 1 fully saturated rings. The van der Waals surface area contributed by atoms with Crippen LogP contribution in [-0.4, -0.2) is 58.4 Å². The fourth-order valence-corrected chi connectivity index (χ4v) is 3.74. The number of halogens is 1. The van der Waals surface area contributed by atoms with Gasteiger partial charge >= 0.3 is 5.97 Å². The Bertz CT molecular complexity index is 1010. The second-order valence-electron chi connectivity index (χ2n) is 7.91. The lowest BCUT2D eigenvalue weighted by Crippen LogP contribution is -2.56. The molecule has 0 saturated carbocycles. The quantitative estimate of drug-likeness (QED) is 0.741. The van der Waals surface area contributed by atoms with Crippen LogP contribution >= 0.6 is 0 Å². The highest BCUT2D eigenvalue weighted by molar-refractivity contribution is 5.87. The van der Waals surface area contributed by atoms with Gasteiger partial charge in [0.2, 0.25) is 12.0 Å². The predicted molar refractivity (Wildman–Crippen MR) is 116 cm³/mol. The molecule has 1 saturated heterocycles. The highest BCUT2D eigenvalue weighted by atomic mass is 19.1. The third-order valence-electron chi connectivity index (χ3n) is 5.64. The largest absolute Gasteiger partial charge is 0.478 e. The summed E-state index contributed by atoms with van der Waals surface area (Å²) < 4.78 is 20.2. The van der Waals surface area contributed by atoms with Crippen molar-refractivity contribution in [1.29, 1.82) is 0 Å². The SMILES string of the molecule is CCC(=O)N1CCN(C(=O)[C@@H](Oc2ccc(C(=O)O)cc2)c2ccc(C)c(F)c2)C[C@H]1C. The number of amides is 2. The zero-order chi connectivity index (χ0) is 23.4. The Balaban J connectivity index is 1.86. The molecule has 2 amide bonds. The van der Waals surface area contributed by atoms with E-state index < -0.39 is 17.9 Å². The number of aromatic carboxylic acids is 1. The smallest absolute Gasteiger partial charge is 0.335 e. The molecule has 0 unspecified atom stereocenters. The fraction of sp³-hybridized carbons (Fsp3) is 0.375. The molecular formula is C24H27FN2O5. The average Bonchev–Trinajstić information content (AvgIpc) is 2.78. The number of nitrogens with zero attached hydrogens (tertiary/aromatic N) is 2. The molecule has 7 nitrogen and oxygen atoms in total. The van der Waals surface area contributed by atoms with Crippen LogP contribution in [0.2, 0.25) is 0 Å². The number of benzene rings is 2. The van der Waals surface area contributed by atoms with Crippen molar-refractivity contribution in [3.63, 3.8) is 0 Å². The van der Waals surface area contributed by atoms with Crippen molar-refractivity contribution in [2.24, 2.45) is 0 Å². The average molecular weight is 442 g/mol. The van der Waals surface area contributed by atoms with Crippen molar-refractivity contribution in [3.8, 4) is 5.75 Å². The van der Waals surface area contributed by atoms with E-state index in [2.05, 4.69) is 0 Å². The van der Waals surface area contributed by atoms with Gasteiger partial charge in [-0.3, -0.25) is 9.59 Å². The van der Waals surface area contributed by atoms with Crippen molar-refractivity contribution in [2.45, 2.75) is 39.3 Å². The number of piperazine rings is 1. The number of hydrogen-bond donors (Lipinski definition) is 1. The first-order valence-electron chi connectivity index (χ1n) is 10.6. The van der Waals surface area contributed by atoms with Gasteiger partial charge < -0.3 is 19.6 Å². The molecule has 0 bridgehead atoms. The summed E-state index contributed by atoms with van der Waals surface area (Å²) in [5.41, 5.74) is 0.901. The lowest BCUT2D eigenvalue weighted by atomic mass is 10.0. The van der Waals surface area contributed by atoms with E-state index in [-0.39, 0.29) is 23.4 Å². The molecular weight excluding hydrogens is 415 g/mol. The highest BCUT2D eigenvalue weighted by Gasteiger charge is 2.34. The van der Waals surface area contributed by atoms with E-state index in [4.69, 9.17) is 9.84 Å². The number of carboxylic acid groups (broad SMARTS) is 1. The van der Waals surface area contributed by atoms with E-state index in [9.17, 15) is 18.8 Å². The lowest BCUT2D eigenvalue weighted by Gasteiger charge is -2.41. The normalized spacial score (nSPS) is 17.1. The Morgan fingerprint density at radius 2 is 1.84 bits per heavy atom. The Kier molecular flexibility index (Phi) is 7.12. The second kappa shape index (κ2) is 9.80. The van der Waals surface area contributed by atoms with Crippen molar-refractivity contribution in [3.05, 3.63) is 65.0 Å². The summed E-state index contributed by atoms with van der Waals surface area (Å²) in [4.78, 5) is 40.0. The molecule has 170 valence electrons. The first-order valence-corrected chi connectivity index (χ1v) is 10.6. The van der Waals surface area contributed by atoms with Crippen molar-refractivity contribution >= 4 is 17.8 Å². The Morgan fingerprint density at radius 1 is 1.16 bits per heavy atom. The van der Waals surface area contributed by atoms with Gasteiger partial charge in [0.05, 0.1) is 5.56 Å². The maximum atomic E-state index is 14.3. The number of carbonyl (C=O) groups excluding carboxylic acids is 2. The molecule has 1 heterocycles. The number of rotatable bonds is 6. The minimum absolute atomic E-state index is 0.0384. The van der Waals surface area contributed by atoms with Gasteiger partial charge in [0, 0.05) is 37.7 Å².